The summed E-state index contributed by atoms with van der Waals surface area (Å²) in [5.74, 6) is 0.350. The number of aliphatic hydroxyl groups excluding tert-OH is 1. The molecule has 0 saturated heterocycles. The minimum Gasteiger partial charge on any atom is -0.389 e. The van der Waals surface area contributed by atoms with Gasteiger partial charge < -0.3 is 5.11 Å². The third-order valence-corrected chi connectivity index (χ3v) is 2.90. The van der Waals surface area contributed by atoms with Gasteiger partial charge in [0.25, 0.3) is 0 Å². The van der Waals surface area contributed by atoms with Gasteiger partial charge in [0.2, 0.25) is 0 Å². The summed E-state index contributed by atoms with van der Waals surface area (Å²) in [5, 5.41) is 9.62. The highest BCUT2D eigenvalue weighted by atomic mass is 16.3. The van der Waals surface area contributed by atoms with Crippen LogP contribution in [0, 0.1) is 0 Å². The monoisotopic (exact) mass is 166 g/mol. The Morgan fingerprint density at radius 2 is 2.08 bits per heavy atom. The number of Topliss-reactive ketones (excluding diaryl/α,β-unsaturated/α-hetero) is 1. The molecular formula is C10H14O2. The number of allylic oxidation sites excluding steroid dienone is 1. The number of hydrogen-bond donors (Lipinski definition) is 1. The highest BCUT2D eigenvalue weighted by Crippen LogP contribution is 2.34. The highest BCUT2D eigenvalue weighted by molar-refractivity contribution is 5.82. The average Bonchev–Trinajstić information content (AvgIpc) is 2.04. The van der Waals surface area contributed by atoms with Gasteiger partial charge in [-0.15, -0.1) is 0 Å². The van der Waals surface area contributed by atoms with E-state index in [1.807, 2.05) is 0 Å². The van der Waals surface area contributed by atoms with E-state index in [4.69, 9.17) is 0 Å². The number of rotatable bonds is 0. The van der Waals surface area contributed by atoms with Crippen LogP contribution in [0.4, 0.5) is 0 Å². The highest BCUT2D eigenvalue weighted by Gasteiger charge is 2.25. The molecule has 66 valence electrons. The Balaban J connectivity index is 2.24. The van der Waals surface area contributed by atoms with Crippen LogP contribution in [0.1, 0.15) is 38.5 Å². The lowest BCUT2D eigenvalue weighted by Crippen LogP contribution is -2.22. The van der Waals surface area contributed by atoms with Crippen LogP contribution in [-0.4, -0.2) is 17.0 Å². The summed E-state index contributed by atoms with van der Waals surface area (Å²) in [5.41, 5.74) is 2.42. The lowest BCUT2D eigenvalue weighted by atomic mass is 9.80. The lowest BCUT2D eigenvalue weighted by Gasteiger charge is -2.28. The summed E-state index contributed by atoms with van der Waals surface area (Å²) in [6, 6.07) is 0. The zero-order valence-corrected chi connectivity index (χ0v) is 7.18. The third kappa shape index (κ3) is 1.31. The Morgan fingerprint density at radius 3 is 2.92 bits per heavy atom. The zero-order chi connectivity index (χ0) is 8.55. The van der Waals surface area contributed by atoms with Crippen molar-refractivity contribution in [2.45, 2.75) is 44.6 Å². The van der Waals surface area contributed by atoms with E-state index < -0.39 is 0 Å². The quantitative estimate of drug-likeness (QED) is 0.555. The molecule has 1 unspecified atom stereocenters. The molecule has 2 heteroatoms. The molecule has 2 nitrogen and oxygen atoms in total. The van der Waals surface area contributed by atoms with Gasteiger partial charge in [-0.2, -0.15) is 0 Å². The molecule has 0 aromatic rings. The van der Waals surface area contributed by atoms with Gasteiger partial charge in [-0.05, 0) is 31.3 Å². The van der Waals surface area contributed by atoms with E-state index in [2.05, 4.69) is 0 Å². The van der Waals surface area contributed by atoms with Gasteiger partial charge in [0.1, 0.15) is 5.78 Å². The Bertz CT molecular complexity index is 240. The molecule has 0 radical (unpaired) electrons. The summed E-state index contributed by atoms with van der Waals surface area (Å²) in [6.45, 7) is 0. The Labute approximate surface area is 72.3 Å². The van der Waals surface area contributed by atoms with Crippen LogP contribution in [0.25, 0.3) is 0 Å². The maximum absolute atomic E-state index is 11.1. The molecule has 0 heterocycles. The Hall–Kier alpha value is -0.630. The minimum atomic E-state index is -0.234. The molecule has 0 bridgehead atoms. The van der Waals surface area contributed by atoms with E-state index in [1.54, 1.807) is 0 Å². The van der Waals surface area contributed by atoms with Crippen molar-refractivity contribution in [3.8, 4) is 0 Å². The molecule has 0 saturated carbocycles. The van der Waals surface area contributed by atoms with Crippen LogP contribution in [0.5, 0.6) is 0 Å². The van der Waals surface area contributed by atoms with Gasteiger partial charge >= 0.3 is 0 Å². The molecule has 0 amide bonds. The zero-order valence-electron chi connectivity index (χ0n) is 7.18. The number of hydrogen-bond acceptors (Lipinski definition) is 2. The Kier molecular flexibility index (Phi) is 2.01. The number of ketones is 1. The minimum absolute atomic E-state index is 0.234. The van der Waals surface area contributed by atoms with E-state index >= 15 is 0 Å². The average molecular weight is 166 g/mol. The summed E-state index contributed by atoms with van der Waals surface area (Å²) in [6.07, 6.45) is 4.83. The number of carbonyl (C=O) groups excluding carboxylic acids is 1. The Morgan fingerprint density at radius 1 is 1.25 bits per heavy atom. The van der Waals surface area contributed by atoms with Gasteiger partial charge in [-0.25, -0.2) is 0 Å². The van der Waals surface area contributed by atoms with Crippen molar-refractivity contribution >= 4 is 5.78 Å². The van der Waals surface area contributed by atoms with Crippen molar-refractivity contribution in [1.82, 2.24) is 0 Å². The van der Waals surface area contributed by atoms with Crippen molar-refractivity contribution < 1.29 is 9.90 Å². The van der Waals surface area contributed by atoms with Gasteiger partial charge in [0.05, 0.1) is 6.10 Å². The predicted octanol–water partition coefficient (Wildman–Crippen LogP) is 1.58. The van der Waals surface area contributed by atoms with Crippen LogP contribution < -0.4 is 0 Å². The van der Waals surface area contributed by atoms with E-state index in [0.29, 0.717) is 18.6 Å². The molecule has 0 aromatic heterocycles. The standard InChI is InChI=1S/C10H14O2/c11-8-4-5-9-7(6-8)2-1-3-10(9)12/h10,12H,1-6H2. The lowest BCUT2D eigenvalue weighted by molar-refractivity contribution is -0.118. The molecular weight excluding hydrogens is 152 g/mol. The molecule has 12 heavy (non-hydrogen) atoms. The number of aliphatic hydroxyl groups is 1. The second-order valence-corrected chi connectivity index (χ2v) is 3.75. The first-order valence-corrected chi connectivity index (χ1v) is 4.68. The molecule has 1 atom stereocenters. The van der Waals surface area contributed by atoms with Gasteiger partial charge in [0.15, 0.2) is 0 Å². The molecule has 2 aliphatic carbocycles. The summed E-state index contributed by atoms with van der Waals surface area (Å²) < 4.78 is 0. The van der Waals surface area contributed by atoms with Crippen molar-refractivity contribution in [1.29, 1.82) is 0 Å². The van der Waals surface area contributed by atoms with Crippen molar-refractivity contribution in [2.75, 3.05) is 0 Å². The SMILES string of the molecule is O=C1CCC2=C(CCCC2O)C1. The predicted molar refractivity (Wildman–Crippen MR) is 45.7 cm³/mol. The van der Waals surface area contributed by atoms with Crippen molar-refractivity contribution in [2.24, 2.45) is 0 Å². The largest absolute Gasteiger partial charge is 0.389 e. The number of carbonyl (C=O) groups is 1. The van der Waals surface area contributed by atoms with Crippen LogP contribution in [-0.2, 0) is 4.79 Å². The fourth-order valence-electron chi connectivity index (χ4n) is 2.23. The first-order chi connectivity index (χ1) is 5.77. The molecule has 0 spiro atoms. The summed E-state index contributed by atoms with van der Waals surface area (Å²) in [4.78, 5) is 11.1. The second kappa shape index (κ2) is 3.02. The first-order valence-electron chi connectivity index (χ1n) is 4.68. The van der Waals surface area contributed by atoms with Gasteiger partial charge in [0, 0.05) is 12.8 Å². The fourth-order valence-corrected chi connectivity index (χ4v) is 2.23. The smallest absolute Gasteiger partial charge is 0.137 e. The summed E-state index contributed by atoms with van der Waals surface area (Å²) >= 11 is 0. The summed E-state index contributed by atoms with van der Waals surface area (Å²) in [7, 11) is 0. The molecule has 2 aliphatic rings. The van der Waals surface area contributed by atoms with Crippen LogP contribution in [0.2, 0.25) is 0 Å². The van der Waals surface area contributed by atoms with Crippen LogP contribution >= 0.6 is 0 Å². The third-order valence-electron chi connectivity index (χ3n) is 2.90. The second-order valence-electron chi connectivity index (χ2n) is 3.75. The fraction of sp³-hybridized carbons (Fsp3) is 0.700. The molecule has 1 N–H and O–H groups in total. The van der Waals surface area contributed by atoms with Crippen LogP contribution in [0.15, 0.2) is 11.1 Å². The molecule has 0 aromatic carbocycles. The van der Waals surface area contributed by atoms with Crippen LogP contribution in [0.3, 0.4) is 0 Å². The van der Waals surface area contributed by atoms with E-state index in [1.165, 1.54) is 11.1 Å². The van der Waals surface area contributed by atoms with E-state index in [-0.39, 0.29) is 6.10 Å². The van der Waals surface area contributed by atoms with Gasteiger partial charge in [-0.1, -0.05) is 5.57 Å². The maximum atomic E-state index is 11.1. The molecule has 0 aliphatic heterocycles. The molecule has 0 fully saturated rings. The normalized spacial score (nSPS) is 30.4. The van der Waals surface area contributed by atoms with E-state index in [9.17, 15) is 9.90 Å². The topological polar surface area (TPSA) is 37.3 Å². The molecule has 2 rings (SSSR count). The van der Waals surface area contributed by atoms with Gasteiger partial charge in [-0.3, -0.25) is 4.79 Å². The van der Waals surface area contributed by atoms with E-state index in [0.717, 1.165) is 25.7 Å². The maximum Gasteiger partial charge on any atom is 0.137 e. The van der Waals surface area contributed by atoms with Crippen molar-refractivity contribution in [3.63, 3.8) is 0 Å². The first kappa shape index (κ1) is 7.99. The van der Waals surface area contributed by atoms with Crippen molar-refractivity contribution in [3.05, 3.63) is 11.1 Å².